The van der Waals surface area contributed by atoms with Crippen molar-refractivity contribution in [1.82, 2.24) is 0 Å². The van der Waals surface area contributed by atoms with Crippen molar-refractivity contribution in [1.29, 1.82) is 0 Å². The maximum absolute atomic E-state index is 13.5. The summed E-state index contributed by atoms with van der Waals surface area (Å²) in [6.45, 7) is 0. The second-order valence-corrected chi connectivity index (χ2v) is 5.09. The lowest BCUT2D eigenvalue weighted by Crippen LogP contribution is -2.13. The summed E-state index contributed by atoms with van der Waals surface area (Å²) in [6, 6.07) is 8.33. The highest BCUT2D eigenvalue weighted by molar-refractivity contribution is 9.10. The third kappa shape index (κ3) is 3.24. The van der Waals surface area contributed by atoms with Crippen LogP contribution in [0.25, 0.3) is 0 Å². The van der Waals surface area contributed by atoms with E-state index in [1.165, 1.54) is 24.3 Å². The predicted molar refractivity (Wildman–Crippen MR) is 75.2 cm³/mol. The van der Waals surface area contributed by atoms with E-state index in [-0.39, 0.29) is 22.0 Å². The molecule has 1 amide bonds. The highest BCUT2D eigenvalue weighted by Crippen LogP contribution is 2.24. The van der Waals surface area contributed by atoms with Crippen LogP contribution in [0.4, 0.5) is 10.1 Å². The van der Waals surface area contributed by atoms with Gasteiger partial charge in [-0.15, -0.1) is 0 Å². The lowest BCUT2D eigenvalue weighted by atomic mass is 10.2. The molecule has 2 N–H and O–H groups in total. The van der Waals surface area contributed by atoms with Gasteiger partial charge in [0.25, 0.3) is 5.91 Å². The number of carbonyl (C=O) groups is 1. The largest absolute Gasteiger partial charge is 0.507 e. The number of hydrogen-bond acceptors (Lipinski definition) is 2. The minimum atomic E-state index is -0.641. The van der Waals surface area contributed by atoms with E-state index in [4.69, 9.17) is 11.6 Å². The molecule has 0 heterocycles. The van der Waals surface area contributed by atoms with Crippen LogP contribution < -0.4 is 5.32 Å². The fourth-order valence-corrected chi connectivity index (χ4v) is 1.99. The van der Waals surface area contributed by atoms with E-state index in [0.29, 0.717) is 4.47 Å². The Morgan fingerprint density at radius 1 is 1.26 bits per heavy atom. The minimum absolute atomic E-state index is 0.00304. The zero-order valence-electron chi connectivity index (χ0n) is 9.45. The van der Waals surface area contributed by atoms with Gasteiger partial charge in [-0.25, -0.2) is 4.39 Å². The number of anilines is 1. The van der Waals surface area contributed by atoms with Gasteiger partial charge in [-0.2, -0.15) is 0 Å². The van der Waals surface area contributed by atoms with Crippen molar-refractivity contribution < 1.29 is 14.3 Å². The van der Waals surface area contributed by atoms with Gasteiger partial charge in [0.05, 0.1) is 11.3 Å². The Morgan fingerprint density at radius 3 is 2.63 bits per heavy atom. The molecule has 0 saturated carbocycles. The molecule has 0 aliphatic heterocycles. The maximum atomic E-state index is 13.5. The second-order valence-electron chi connectivity index (χ2n) is 3.74. The summed E-state index contributed by atoms with van der Waals surface area (Å²) >= 11 is 8.78. The van der Waals surface area contributed by atoms with Crippen LogP contribution in [-0.2, 0) is 0 Å². The monoisotopic (exact) mass is 343 g/mol. The number of nitrogens with one attached hydrogen (secondary N) is 1. The summed E-state index contributed by atoms with van der Waals surface area (Å²) in [5.74, 6) is -1.44. The zero-order chi connectivity index (χ0) is 14.0. The first-order valence-corrected chi connectivity index (χ1v) is 6.39. The molecule has 2 aromatic rings. The second kappa shape index (κ2) is 5.59. The number of rotatable bonds is 2. The van der Waals surface area contributed by atoms with Gasteiger partial charge in [0, 0.05) is 9.50 Å². The van der Waals surface area contributed by atoms with Crippen molar-refractivity contribution in [2.24, 2.45) is 0 Å². The lowest BCUT2D eigenvalue weighted by Gasteiger charge is -2.08. The molecule has 98 valence electrons. The summed E-state index contributed by atoms with van der Waals surface area (Å²) in [5, 5.41) is 12.3. The number of phenolic OH excluding ortho intramolecular Hbond substituents is 1. The van der Waals surface area contributed by atoms with Gasteiger partial charge in [0.1, 0.15) is 11.6 Å². The highest BCUT2D eigenvalue weighted by atomic mass is 79.9. The molecule has 3 nitrogen and oxygen atoms in total. The Labute approximate surface area is 122 Å². The normalized spacial score (nSPS) is 10.3. The fraction of sp³-hybridized carbons (Fsp3) is 0. The third-order valence-electron chi connectivity index (χ3n) is 2.38. The van der Waals surface area contributed by atoms with E-state index in [0.717, 1.165) is 6.07 Å². The summed E-state index contributed by atoms with van der Waals surface area (Å²) in [5.41, 5.74) is 0.0502. The number of halogens is 3. The van der Waals surface area contributed by atoms with Crippen molar-refractivity contribution in [2.45, 2.75) is 0 Å². The van der Waals surface area contributed by atoms with Gasteiger partial charge < -0.3 is 10.4 Å². The molecule has 0 saturated heterocycles. The number of phenols is 1. The van der Waals surface area contributed by atoms with Crippen molar-refractivity contribution in [3.63, 3.8) is 0 Å². The molecule has 6 heteroatoms. The Balaban J connectivity index is 2.25. The van der Waals surface area contributed by atoms with Gasteiger partial charge in [-0.1, -0.05) is 27.5 Å². The molecular weight excluding hydrogens is 337 g/mol. The molecule has 0 fully saturated rings. The van der Waals surface area contributed by atoms with Crippen LogP contribution in [0.5, 0.6) is 5.75 Å². The van der Waals surface area contributed by atoms with Crippen LogP contribution in [0, 0.1) is 5.82 Å². The van der Waals surface area contributed by atoms with Gasteiger partial charge in [-0.05, 0) is 36.4 Å². The molecule has 2 rings (SSSR count). The van der Waals surface area contributed by atoms with Crippen molar-refractivity contribution in [3.8, 4) is 5.75 Å². The first kappa shape index (κ1) is 13.8. The summed E-state index contributed by atoms with van der Waals surface area (Å²) in [7, 11) is 0. The van der Waals surface area contributed by atoms with Gasteiger partial charge >= 0.3 is 0 Å². The quantitative estimate of drug-likeness (QED) is 0.858. The molecule has 0 unspecified atom stereocenters. The Morgan fingerprint density at radius 2 is 2.00 bits per heavy atom. The number of aromatic hydroxyl groups is 1. The Bertz CT molecular complexity index is 649. The molecule has 0 radical (unpaired) electrons. The standard InChI is InChI=1S/C13H8BrClFNO2/c14-7-1-3-9(12(18)5-7)13(19)17-11-4-2-8(15)6-10(11)16/h1-6,18H,(H,17,19). The summed E-state index contributed by atoms with van der Waals surface area (Å²) in [6.07, 6.45) is 0. The van der Waals surface area contributed by atoms with E-state index in [1.807, 2.05) is 0 Å². The van der Waals surface area contributed by atoms with Crippen molar-refractivity contribution in [3.05, 3.63) is 57.3 Å². The van der Waals surface area contributed by atoms with Crippen molar-refractivity contribution >= 4 is 39.1 Å². The van der Waals surface area contributed by atoms with E-state index in [2.05, 4.69) is 21.2 Å². The number of amides is 1. The average Bonchev–Trinajstić information content (AvgIpc) is 2.32. The molecule has 19 heavy (non-hydrogen) atoms. The predicted octanol–water partition coefficient (Wildman–Crippen LogP) is 4.20. The average molecular weight is 345 g/mol. The molecular formula is C13H8BrClFNO2. The lowest BCUT2D eigenvalue weighted by molar-refractivity contribution is 0.102. The van der Waals surface area contributed by atoms with Crippen LogP contribution in [0.1, 0.15) is 10.4 Å². The molecule has 0 aromatic heterocycles. The molecule has 0 aliphatic carbocycles. The third-order valence-corrected chi connectivity index (χ3v) is 3.11. The van der Waals surface area contributed by atoms with E-state index >= 15 is 0 Å². The molecule has 2 aromatic carbocycles. The SMILES string of the molecule is O=C(Nc1ccc(Cl)cc1F)c1ccc(Br)cc1O. The topological polar surface area (TPSA) is 49.3 Å². The first-order chi connectivity index (χ1) is 8.97. The maximum Gasteiger partial charge on any atom is 0.259 e. The zero-order valence-corrected chi connectivity index (χ0v) is 11.8. The summed E-state index contributed by atoms with van der Waals surface area (Å²) < 4.78 is 14.2. The van der Waals surface area contributed by atoms with E-state index < -0.39 is 11.7 Å². The van der Waals surface area contributed by atoms with E-state index in [9.17, 15) is 14.3 Å². The highest BCUT2D eigenvalue weighted by Gasteiger charge is 2.13. The first-order valence-electron chi connectivity index (χ1n) is 5.22. The van der Waals surface area contributed by atoms with Crippen LogP contribution in [-0.4, -0.2) is 11.0 Å². The van der Waals surface area contributed by atoms with Gasteiger partial charge in [0.15, 0.2) is 0 Å². The number of benzene rings is 2. The minimum Gasteiger partial charge on any atom is -0.507 e. The Hall–Kier alpha value is -1.59. The van der Waals surface area contributed by atoms with Crippen LogP contribution in [0.15, 0.2) is 40.9 Å². The van der Waals surface area contributed by atoms with Gasteiger partial charge in [0.2, 0.25) is 0 Å². The van der Waals surface area contributed by atoms with E-state index in [1.54, 1.807) is 6.07 Å². The molecule has 0 atom stereocenters. The fourth-order valence-electron chi connectivity index (χ4n) is 1.48. The molecule has 0 spiro atoms. The van der Waals surface area contributed by atoms with Crippen LogP contribution in [0.3, 0.4) is 0 Å². The van der Waals surface area contributed by atoms with Crippen molar-refractivity contribution in [2.75, 3.05) is 5.32 Å². The van der Waals surface area contributed by atoms with Gasteiger partial charge in [-0.3, -0.25) is 4.79 Å². The Kier molecular flexibility index (Phi) is 4.07. The van der Waals surface area contributed by atoms with Crippen LogP contribution in [0.2, 0.25) is 5.02 Å². The van der Waals surface area contributed by atoms with Crippen LogP contribution >= 0.6 is 27.5 Å². The summed E-state index contributed by atoms with van der Waals surface area (Å²) in [4.78, 5) is 11.9. The number of carbonyl (C=O) groups excluding carboxylic acids is 1. The number of hydrogen-bond donors (Lipinski definition) is 2. The molecule has 0 aliphatic rings. The smallest absolute Gasteiger partial charge is 0.259 e. The molecule has 0 bridgehead atoms.